The number of ether oxygens (including phenoxy) is 1. The van der Waals surface area contributed by atoms with Crippen molar-refractivity contribution in [1.82, 2.24) is 10.4 Å². The minimum atomic E-state index is -0.329. The van der Waals surface area contributed by atoms with Gasteiger partial charge >= 0.3 is 0 Å². The van der Waals surface area contributed by atoms with Gasteiger partial charge in [-0.25, -0.2) is 5.43 Å². The van der Waals surface area contributed by atoms with Gasteiger partial charge in [-0.15, -0.1) is 0 Å². The lowest BCUT2D eigenvalue weighted by Gasteiger charge is -2.07. The Hall–Kier alpha value is -3.28. The highest BCUT2D eigenvalue weighted by Gasteiger charge is 2.11. The molecule has 6 nitrogen and oxygen atoms in total. The Labute approximate surface area is 138 Å². The van der Waals surface area contributed by atoms with Crippen LogP contribution in [0.1, 0.15) is 22.8 Å². The molecule has 0 unspecified atom stereocenters. The Kier molecular flexibility index (Phi) is 4.47. The van der Waals surface area contributed by atoms with Gasteiger partial charge in [-0.05, 0) is 25.1 Å². The summed E-state index contributed by atoms with van der Waals surface area (Å²) < 4.78 is 5.31. The molecule has 6 heteroatoms. The summed E-state index contributed by atoms with van der Waals surface area (Å²) in [5.74, 6) is 0.0398. The SMILES string of the molecule is CCOc1cccc(/C=N/NC(=O)c2c[nH]c3ccccc23)c1O. The summed E-state index contributed by atoms with van der Waals surface area (Å²) in [4.78, 5) is 15.3. The van der Waals surface area contributed by atoms with Crippen LogP contribution in [0.3, 0.4) is 0 Å². The zero-order chi connectivity index (χ0) is 16.9. The average molecular weight is 323 g/mol. The van der Waals surface area contributed by atoms with Crippen LogP contribution >= 0.6 is 0 Å². The molecule has 3 N–H and O–H groups in total. The van der Waals surface area contributed by atoms with Gasteiger partial charge in [0.1, 0.15) is 0 Å². The van der Waals surface area contributed by atoms with Crippen LogP contribution in [-0.4, -0.2) is 28.8 Å². The van der Waals surface area contributed by atoms with E-state index in [0.717, 1.165) is 10.9 Å². The van der Waals surface area contributed by atoms with Gasteiger partial charge in [-0.1, -0.05) is 24.3 Å². The minimum Gasteiger partial charge on any atom is -0.504 e. The zero-order valence-electron chi connectivity index (χ0n) is 13.1. The maximum Gasteiger partial charge on any atom is 0.273 e. The van der Waals surface area contributed by atoms with Gasteiger partial charge in [-0.3, -0.25) is 4.79 Å². The van der Waals surface area contributed by atoms with Gasteiger partial charge < -0.3 is 14.8 Å². The van der Waals surface area contributed by atoms with Crippen LogP contribution < -0.4 is 10.2 Å². The number of aromatic hydroxyl groups is 1. The Morgan fingerprint density at radius 3 is 2.96 bits per heavy atom. The summed E-state index contributed by atoms with van der Waals surface area (Å²) in [6, 6.07) is 12.6. The lowest BCUT2D eigenvalue weighted by Crippen LogP contribution is -2.17. The number of amides is 1. The molecule has 0 atom stereocenters. The van der Waals surface area contributed by atoms with Crippen molar-refractivity contribution in [3.63, 3.8) is 0 Å². The predicted octanol–water partition coefficient (Wildman–Crippen LogP) is 3.04. The molecule has 24 heavy (non-hydrogen) atoms. The zero-order valence-corrected chi connectivity index (χ0v) is 13.1. The average Bonchev–Trinajstić information content (AvgIpc) is 3.02. The number of para-hydroxylation sites is 2. The third-order valence-electron chi connectivity index (χ3n) is 3.53. The predicted molar refractivity (Wildman–Crippen MR) is 92.6 cm³/mol. The number of hydrazone groups is 1. The van der Waals surface area contributed by atoms with E-state index >= 15 is 0 Å². The molecule has 0 saturated heterocycles. The van der Waals surface area contributed by atoms with Crippen LogP contribution in [0.2, 0.25) is 0 Å². The molecule has 0 radical (unpaired) electrons. The number of fused-ring (bicyclic) bond motifs is 1. The Bertz CT molecular complexity index is 899. The van der Waals surface area contributed by atoms with Gasteiger partial charge in [0.2, 0.25) is 0 Å². The molecule has 0 aliphatic heterocycles. The number of aromatic nitrogens is 1. The second kappa shape index (κ2) is 6.87. The lowest BCUT2D eigenvalue weighted by atomic mass is 10.2. The molecule has 2 aromatic carbocycles. The van der Waals surface area contributed by atoms with Crippen molar-refractivity contribution in [2.75, 3.05) is 6.61 Å². The van der Waals surface area contributed by atoms with E-state index in [9.17, 15) is 9.90 Å². The fraction of sp³-hybridized carbons (Fsp3) is 0.111. The highest BCUT2D eigenvalue weighted by atomic mass is 16.5. The Balaban J connectivity index is 1.75. The lowest BCUT2D eigenvalue weighted by molar-refractivity contribution is 0.0957. The normalized spacial score (nSPS) is 11.0. The van der Waals surface area contributed by atoms with Crippen LogP contribution in [0.25, 0.3) is 10.9 Å². The first-order valence-electron chi connectivity index (χ1n) is 7.55. The number of hydrogen-bond acceptors (Lipinski definition) is 4. The number of carbonyl (C=O) groups is 1. The van der Waals surface area contributed by atoms with E-state index in [4.69, 9.17) is 4.74 Å². The highest BCUT2D eigenvalue weighted by molar-refractivity contribution is 6.06. The number of carbonyl (C=O) groups excluding carboxylic acids is 1. The van der Waals surface area contributed by atoms with Crippen molar-refractivity contribution in [2.45, 2.75) is 6.92 Å². The first kappa shape index (κ1) is 15.6. The fourth-order valence-corrected chi connectivity index (χ4v) is 2.40. The monoisotopic (exact) mass is 323 g/mol. The number of H-pyrrole nitrogens is 1. The van der Waals surface area contributed by atoms with Crippen LogP contribution in [-0.2, 0) is 0 Å². The van der Waals surface area contributed by atoms with Crippen molar-refractivity contribution < 1.29 is 14.6 Å². The number of aromatic amines is 1. The second-order valence-corrected chi connectivity index (χ2v) is 5.07. The highest BCUT2D eigenvalue weighted by Crippen LogP contribution is 2.28. The standard InChI is InChI=1S/C18H17N3O3/c1-2-24-16-9-5-6-12(17(16)22)10-20-21-18(23)14-11-19-15-8-4-3-7-13(14)15/h3-11,19,22H,2H2,1H3,(H,21,23)/b20-10+. The minimum absolute atomic E-state index is 0.00977. The molecular weight excluding hydrogens is 306 g/mol. The Morgan fingerprint density at radius 2 is 2.12 bits per heavy atom. The summed E-state index contributed by atoms with van der Waals surface area (Å²) in [5.41, 5.74) is 4.31. The van der Waals surface area contributed by atoms with E-state index < -0.39 is 0 Å². The molecule has 1 aromatic heterocycles. The number of nitrogens with zero attached hydrogens (tertiary/aromatic N) is 1. The third kappa shape index (κ3) is 3.08. The molecule has 0 aliphatic rings. The van der Waals surface area contributed by atoms with Crippen molar-refractivity contribution >= 4 is 23.0 Å². The third-order valence-corrected chi connectivity index (χ3v) is 3.53. The molecule has 0 spiro atoms. The van der Waals surface area contributed by atoms with Crippen LogP contribution in [0.5, 0.6) is 11.5 Å². The molecule has 1 amide bonds. The molecule has 1 heterocycles. The first-order chi connectivity index (χ1) is 11.7. The molecular formula is C18H17N3O3. The van der Waals surface area contributed by atoms with E-state index in [1.807, 2.05) is 31.2 Å². The summed E-state index contributed by atoms with van der Waals surface area (Å²) in [6.07, 6.45) is 3.02. The quantitative estimate of drug-likeness (QED) is 0.498. The van der Waals surface area contributed by atoms with E-state index in [1.165, 1.54) is 6.21 Å². The maximum atomic E-state index is 12.2. The van der Waals surface area contributed by atoms with Crippen LogP contribution in [0, 0.1) is 0 Å². The van der Waals surface area contributed by atoms with Gasteiger partial charge in [0.15, 0.2) is 11.5 Å². The summed E-state index contributed by atoms with van der Waals surface area (Å²) in [7, 11) is 0. The summed E-state index contributed by atoms with van der Waals surface area (Å²) in [6.45, 7) is 2.28. The topological polar surface area (TPSA) is 86.7 Å². The van der Waals surface area contributed by atoms with Crippen LogP contribution in [0.4, 0.5) is 0 Å². The summed E-state index contributed by atoms with van der Waals surface area (Å²) in [5, 5.41) is 14.8. The van der Waals surface area contributed by atoms with Crippen molar-refractivity contribution in [3.05, 3.63) is 59.8 Å². The number of hydrogen-bond donors (Lipinski definition) is 3. The van der Waals surface area contributed by atoms with Crippen molar-refractivity contribution in [2.24, 2.45) is 5.10 Å². The largest absolute Gasteiger partial charge is 0.504 e. The van der Waals surface area contributed by atoms with E-state index in [1.54, 1.807) is 24.4 Å². The number of phenolic OH excluding ortho intramolecular Hbond substituents is 1. The van der Waals surface area contributed by atoms with E-state index in [-0.39, 0.29) is 11.7 Å². The van der Waals surface area contributed by atoms with Gasteiger partial charge in [0, 0.05) is 22.7 Å². The van der Waals surface area contributed by atoms with Crippen LogP contribution in [0.15, 0.2) is 53.8 Å². The molecule has 3 aromatic rings. The molecule has 3 rings (SSSR count). The number of benzene rings is 2. The molecule has 0 bridgehead atoms. The Morgan fingerprint density at radius 1 is 1.29 bits per heavy atom. The molecule has 0 fully saturated rings. The van der Waals surface area contributed by atoms with Gasteiger partial charge in [0.05, 0.1) is 18.4 Å². The second-order valence-electron chi connectivity index (χ2n) is 5.07. The van der Waals surface area contributed by atoms with E-state index in [2.05, 4.69) is 15.5 Å². The summed E-state index contributed by atoms with van der Waals surface area (Å²) >= 11 is 0. The number of phenols is 1. The van der Waals surface area contributed by atoms with Crippen molar-refractivity contribution in [1.29, 1.82) is 0 Å². The first-order valence-corrected chi connectivity index (χ1v) is 7.55. The molecule has 0 saturated carbocycles. The number of rotatable bonds is 5. The molecule has 0 aliphatic carbocycles. The smallest absolute Gasteiger partial charge is 0.273 e. The maximum absolute atomic E-state index is 12.2. The van der Waals surface area contributed by atoms with E-state index in [0.29, 0.717) is 23.5 Å². The van der Waals surface area contributed by atoms with Crippen molar-refractivity contribution in [3.8, 4) is 11.5 Å². The fourth-order valence-electron chi connectivity index (χ4n) is 2.40. The number of nitrogens with one attached hydrogen (secondary N) is 2. The van der Waals surface area contributed by atoms with Gasteiger partial charge in [-0.2, -0.15) is 5.10 Å². The van der Waals surface area contributed by atoms with Gasteiger partial charge in [0.25, 0.3) is 5.91 Å². The molecule has 122 valence electrons.